The number of carbonyl (C=O) groups excluding carboxylic acids is 1. The molecule has 4 N–H and O–H groups in total. The van der Waals surface area contributed by atoms with Crippen LogP contribution in [0.4, 0.5) is 0 Å². The van der Waals surface area contributed by atoms with Gasteiger partial charge in [0, 0.05) is 0 Å². The van der Waals surface area contributed by atoms with Crippen molar-refractivity contribution in [3.8, 4) is 0 Å². The van der Waals surface area contributed by atoms with Crippen molar-refractivity contribution in [2.75, 3.05) is 13.2 Å². The normalized spacial score (nSPS) is 15.6. The van der Waals surface area contributed by atoms with Gasteiger partial charge in [0.05, 0.1) is 6.61 Å². The van der Waals surface area contributed by atoms with Crippen molar-refractivity contribution in [3.63, 3.8) is 0 Å². The van der Waals surface area contributed by atoms with E-state index in [1.165, 1.54) is 0 Å². The number of carbonyl (C=O) groups is 1. The zero-order valence-corrected chi connectivity index (χ0v) is 7.04. The summed E-state index contributed by atoms with van der Waals surface area (Å²) >= 11 is 0. The second-order valence-electron chi connectivity index (χ2n) is 2.49. The Bertz CT molecular complexity index is 128. The number of nitrogens with two attached hydrogens (primary N) is 2. The summed E-state index contributed by atoms with van der Waals surface area (Å²) in [6.45, 7) is 4.34. The third-order valence-electron chi connectivity index (χ3n) is 1.54. The van der Waals surface area contributed by atoms with E-state index in [0.29, 0.717) is 13.2 Å². The summed E-state index contributed by atoms with van der Waals surface area (Å²) in [6, 6.07) is -0.583. The van der Waals surface area contributed by atoms with Crippen molar-refractivity contribution in [3.05, 3.63) is 0 Å². The highest BCUT2D eigenvalue weighted by Crippen LogP contribution is 1.99. The molecular formula is C7H16N2O2. The van der Waals surface area contributed by atoms with E-state index in [4.69, 9.17) is 16.2 Å². The Labute approximate surface area is 66.9 Å². The zero-order valence-electron chi connectivity index (χ0n) is 7.04. The molecule has 0 aromatic rings. The average Bonchev–Trinajstić information content (AvgIpc) is 2.02. The first-order valence-electron chi connectivity index (χ1n) is 3.75. The van der Waals surface area contributed by atoms with Crippen LogP contribution in [0.3, 0.4) is 0 Å². The number of rotatable bonds is 4. The largest absolute Gasteiger partial charge is 0.465 e. The predicted octanol–water partition coefficient (Wildman–Crippen LogP) is -0.528. The van der Waals surface area contributed by atoms with Crippen molar-refractivity contribution in [2.24, 2.45) is 17.4 Å². The maximum atomic E-state index is 10.9. The maximum absolute atomic E-state index is 10.9. The first-order chi connectivity index (χ1) is 5.13. The number of ether oxygens (including phenoxy) is 1. The van der Waals surface area contributed by atoms with Gasteiger partial charge >= 0.3 is 5.97 Å². The summed E-state index contributed by atoms with van der Waals surface area (Å²) in [5.74, 6) is -0.389. The molecule has 0 rings (SSSR count). The van der Waals surface area contributed by atoms with E-state index in [0.717, 1.165) is 0 Å². The van der Waals surface area contributed by atoms with Gasteiger partial charge in [0.25, 0.3) is 0 Å². The molecule has 4 heteroatoms. The maximum Gasteiger partial charge on any atom is 0.323 e. The van der Waals surface area contributed by atoms with Crippen LogP contribution in [0.5, 0.6) is 0 Å². The van der Waals surface area contributed by atoms with E-state index in [1.54, 1.807) is 6.92 Å². The molecule has 0 heterocycles. The molecule has 2 unspecified atom stereocenters. The van der Waals surface area contributed by atoms with Crippen LogP contribution in [-0.4, -0.2) is 25.2 Å². The zero-order chi connectivity index (χ0) is 8.85. The Morgan fingerprint density at radius 3 is 2.55 bits per heavy atom. The van der Waals surface area contributed by atoms with Gasteiger partial charge < -0.3 is 16.2 Å². The molecule has 0 saturated heterocycles. The molecular weight excluding hydrogens is 144 g/mol. The quantitative estimate of drug-likeness (QED) is 0.542. The lowest BCUT2D eigenvalue weighted by molar-refractivity contribution is -0.145. The number of hydrogen-bond donors (Lipinski definition) is 2. The fourth-order valence-electron chi connectivity index (χ4n) is 0.617. The standard InChI is InChI=1S/C7H16N2O2/c1-3-11-7(10)6(9)5(2)4-8/h5-6H,3-4,8-9H2,1-2H3. The first-order valence-corrected chi connectivity index (χ1v) is 3.75. The van der Waals surface area contributed by atoms with Crippen molar-refractivity contribution < 1.29 is 9.53 Å². The van der Waals surface area contributed by atoms with Crippen LogP contribution in [-0.2, 0) is 9.53 Å². The summed E-state index contributed by atoms with van der Waals surface area (Å²) in [4.78, 5) is 10.9. The molecule has 0 spiro atoms. The summed E-state index contributed by atoms with van der Waals surface area (Å²) in [7, 11) is 0. The molecule has 0 amide bonds. The minimum atomic E-state index is -0.583. The minimum Gasteiger partial charge on any atom is -0.465 e. The molecule has 2 atom stereocenters. The predicted molar refractivity (Wildman–Crippen MR) is 42.8 cm³/mol. The molecule has 0 fully saturated rings. The van der Waals surface area contributed by atoms with Crippen molar-refractivity contribution in [1.82, 2.24) is 0 Å². The summed E-state index contributed by atoms with van der Waals surface area (Å²) in [5.41, 5.74) is 10.8. The molecule has 0 bridgehead atoms. The van der Waals surface area contributed by atoms with Crippen LogP contribution in [0.1, 0.15) is 13.8 Å². The SMILES string of the molecule is CCOC(=O)C(N)C(C)CN. The Balaban J connectivity index is 3.80. The molecule has 0 aliphatic carbocycles. The molecule has 0 radical (unpaired) electrons. The number of esters is 1. The molecule has 0 aromatic heterocycles. The van der Waals surface area contributed by atoms with Crippen LogP contribution in [0.25, 0.3) is 0 Å². The van der Waals surface area contributed by atoms with Gasteiger partial charge in [-0.1, -0.05) is 6.92 Å². The Kier molecular flexibility index (Phi) is 4.81. The monoisotopic (exact) mass is 160 g/mol. The Morgan fingerprint density at radius 1 is 1.64 bits per heavy atom. The highest BCUT2D eigenvalue weighted by Gasteiger charge is 2.20. The van der Waals surface area contributed by atoms with Gasteiger partial charge in [-0.15, -0.1) is 0 Å². The van der Waals surface area contributed by atoms with Gasteiger partial charge in [-0.25, -0.2) is 0 Å². The van der Waals surface area contributed by atoms with E-state index in [2.05, 4.69) is 0 Å². The van der Waals surface area contributed by atoms with E-state index >= 15 is 0 Å². The fraction of sp³-hybridized carbons (Fsp3) is 0.857. The topological polar surface area (TPSA) is 78.3 Å². The molecule has 0 aliphatic heterocycles. The van der Waals surface area contributed by atoms with Crippen molar-refractivity contribution >= 4 is 5.97 Å². The second-order valence-corrected chi connectivity index (χ2v) is 2.49. The lowest BCUT2D eigenvalue weighted by Crippen LogP contribution is -2.41. The fourth-order valence-corrected chi connectivity index (χ4v) is 0.617. The second kappa shape index (κ2) is 5.09. The van der Waals surface area contributed by atoms with E-state index in [9.17, 15) is 4.79 Å². The van der Waals surface area contributed by atoms with Gasteiger partial charge in [-0.2, -0.15) is 0 Å². The minimum absolute atomic E-state index is 0.0194. The lowest BCUT2D eigenvalue weighted by atomic mass is 10.0. The van der Waals surface area contributed by atoms with Crippen LogP contribution in [0, 0.1) is 5.92 Å². The van der Waals surface area contributed by atoms with Crippen molar-refractivity contribution in [1.29, 1.82) is 0 Å². The molecule has 66 valence electrons. The lowest BCUT2D eigenvalue weighted by Gasteiger charge is -2.15. The van der Waals surface area contributed by atoms with Gasteiger partial charge in [0.15, 0.2) is 0 Å². The summed E-state index contributed by atoms with van der Waals surface area (Å²) in [6.07, 6.45) is 0. The molecule has 0 aromatic carbocycles. The average molecular weight is 160 g/mol. The Morgan fingerprint density at radius 2 is 2.18 bits per heavy atom. The van der Waals surface area contributed by atoms with Crippen molar-refractivity contribution in [2.45, 2.75) is 19.9 Å². The van der Waals surface area contributed by atoms with Gasteiger partial charge in [0.2, 0.25) is 0 Å². The molecule has 0 aliphatic rings. The van der Waals surface area contributed by atoms with Gasteiger partial charge in [-0.05, 0) is 19.4 Å². The van der Waals surface area contributed by atoms with E-state index < -0.39 is 6.04 Å². The Hall–Kier alpha value is -0.610. The van der Waals surface area contributed by atoms with Crippen LogP contribution in [0.2, 0.25) is 0 Å². The third kappa shape index (κ3) is 3.34. The first kappa shape index (κ1) is 10.4. The van der Waals surface area contributed by atoms with Crippen LogP contribution in [0.15, 0.2) is 0 Å². The highest BCUT2D eigenvalue weighted by atomic mass is 16.5. The molecule has 11 heavy (non-hydrogen) atoms. The summed E-state index contributed by atoms with van der Waals surface area (Å²) < 4.78 is 4.71. The molecule has 4 nitrogen and oxygen atoms in total. The van der Waals surface area contributed by atoms with Crippen LogP contribution < -0.4 is 11.5 Å². The number of hydrogen-bond acceptors (Lipinski definition) is 4. The van der Waals surface area contributed by atoms with Crippen LogP contribution >= 0.6 is 0 Å². The van der Waals surface area contributed by atoms with Gasteiger partial charge in [0.1, 0.15) is 6.04 Å². The smallest absolute Gasteiger partial charge is 0.323 e. The molecule has 0 saturated carbocycles. The van der Waals surface area contributed by atoms with E-state index in [-0.39, 0.29) is 11.9 Å². The van der Waals surface area contributed by atoms with E-state index in [1.807, 2.05) is 6.92 Å². The van der Waals surface area contributed by atoms with Gasteiger partial charge in [-0.3, -0.25) is 4.79 Å². The highest BCUT2D eigenvalue weighted by molar-refractivity contribution is 5.75. The summed E-state index contributed by atoms with van der Waals surface area (Å²) in [5, 5.41) is 0. The third-order valence-corrected chi connectivity index (χ3v) is 1.54.